The van der Waals surface area contributed by atoms with Gasteiger partial charge < -0.3 is 20.7 Å². The molecule has 8 nitrogen and oxygen atoms in total. The van der Waals surface area contributed by atoms with Crippen LogP contribution in [0.5, 0.6) is 0 Å². The van der Waals surface area contributed by atoms with Gasteiger partial charge in [-0.15, -0.1) is 10.2 Å². The number of aromatic nitrogens is 3. The summed E-state index contributed by atoms with van der Waals surface area (Å²) in [6.45, 7) is 1.44. The van der Waals surface area contributed by atoms with Crippen LogP contribution in [0.1, 0.15) is 5.56 Å². The smallest absolute Gasteiger partial charge is 0.246 e. The van der Waals surface area contributed by atoms with Crippen molar-refractivity contribution in [1.29, 1.82) is 0 Å². The minimum atomic E-state index is -0.154. The summed E-state index contributed by atoms with van der Waals surface area (Å²) < 4.78 is 5.39. The highest BCUT2D eigenvalue weighted by molar-refractivity contribution is 5.77. The first-order valence-corrected chi connectivity index (χ1v) is 8.93. The van der Waals surface area contributed by atoms with Crippen LogP contribution >= 0.6 is 0 Å². The van der Waals surface area contributed by atoms with E-state index in [1.165, 1.54) is 0 Å². The van der Waals surface area contributed by atoms with E-state index < -0.39 is 0 Å². The first-order chi connectivity index (χ1) is 13.8. The fraction of sp³-hybridized carbons (Fsp3) is 0.200. The van der Waals surface area contributed by atoms with Gasteiger partial charge >= 0.3 is 0 Å². The number of nitrogens with one attached hydrogen (secondary N) is 3. The summed E-state index contributed by atoms with van der Waals surface area (Å²) in [5.74, 6) is 1.78. The third-order valence-electron chi connectivity index (χ3n) is 3.68. The maximum Gasteiger partial charge on any atom is 0.246 e. The number of carbonyl (C=O) groups excluding carboxylic acids is 1. The Balaban J connectivity index is 1.30. The van der Waals surface area contributed by atoms with Crippen molar-refractivity contribution in [3.05, 3.63) is 72.4 Å². The highest BCUT2D eigenvalue weighted by Crippen LogP contribution is 2.11. The van der Waals surface area contributed by atoms with Crippen LogP contribution in [0.3, 0.4) is 0 Å². The Labute approximate surface area is 163 Å². The maximum atomic E-state index is 11.8. The molecule has 1 aromatic carbocycles. The average Bonchev–Trinajstić information content (AvgIpc) is 2.74. The molecule has 0 fully saturated rings. The number of nitrogens with zero attached hydrogens (tertiary/aromatic N) is 3. The van der Waals surface area contributed by atoms with E-state index in [1.54, 1.807) is 12.3 Å². The van der Waals surface area contributed by atoms with Crippen LogP contribution in [-0.4, -0.2) is 40.8 Å². The Kier molecular flexibility index (Phi) is 7.28. The lowest BCUT2D eigenvalue weighted by Gasteiger charge is -2.08. The van der Waals surface area contributed by atoms with E-state index in [0.717, 1.165) is 5.56 Å². The lowest BCUT2D eigenvalue weighted by molar-refractivity contribution is -0.126. The summed E-state index contributed by atoms with van der Waals surface area (Å²) in [7, 11) is 0. The van der Waals surface area contributed by atoms with Gasteiger partial charge in [0, 0.05) is 19.3 Å². The molecular formula is C20H22N6O2. The molecule has 8 heteroatoms. The summed E-state index contributed by atoms with van der Waals surface area (Å²) in [5.41, 5.74) is 1.04. The van der Waals surface area contributed by atoms with Crippen molar-refractivity contribution in [1.82, 2.24) is 20.5 Å². The summed E-state index contributed by atoms with van der Waals surface area (Å²) >= 11 is 0. The van der Waals surface area contributed by atoms with Crippen molar-refractivity contribution < 1.29 is 9.53 Å². The maximum absolute atomic E-state index is 11.8. The lowest BCUT2D eigenvalue weighted by atomic mass is 10.2. The van der Waals surface area contributed by atoms with E-state index in [9.17, 15) is 4.79 Å². The molecule has 0 aliphatic carbocycles. The van der Waals surface area contributed by atoms with Gasteiger partial charge in [-0.25, -0.2) is 4.98 Å². The molecule has 0 aliphatic rings. The molecule has 0 spiro atoms. The molecule has 28 heavy (non-hydrogen) atoms. The van der Waals surface area contributed by atoms with Crippen LogP contribution in [0.4, 0.5) is 17.5 Å². The second kappa shape index (κ2) is 10.6. The van der Waals surface area contributed by atoms with Crippen LogP contribution in [0, 0.1) is 0 Å². The summed E-state index contributed by atoms with van der Waals surface area (Å²) in [6.07, 6.45) is 1.70. The molecule has 3 rings (SSSR count). The Morgan fingerprint density at radius 1 is 0.857 bits per heavy atom. The van der Waals surface area contributed by atoms with Gasteiger partial charge in [-0.05, 0) is 29.8 Å². The minimum Gasteiger partial charge on any atom is -0.367 e. The third kappa shape index (κ3) is 6.65. The molecule has 1 amide bonds. The monoisotopic (exact) mass is 378 g/mol. The largest absolute Gasteiger partial charge is 0.367 e. The van der Waals surface area contributed by atoms with E-state index in [0.29, 0.717) is 37.1 Å². The van der Waals surface area contributed by atoms with Gasteiger partial charge in [-0.1, -0.05) is 36.4 Å². The first-order valence-electron chi connectivity index (χ1n) is 8.93. The molecule has 3 N–H and O–H groups in total. The van der Waals surface area contributed by atoms with Crippen LogP contribution in [0.15, 0.2) is 66.9 Å². The molecular weight excluding hydrogens is 356 g/mol. The van der Waals surface area contributed by atoms with Gasteiger partial charge in [0.1, 0.15) is 18.2 Å². The molecule has 0 bridgehead atoms. The zero-order valence-corrected chi connectivity index (χ0v) is 15.3. The molecule has 2 heterocycles. The number of hydrogen-bond donors (Lipinski definition) is 3. The molecule has 0 unspecified atom stereocenters. The van der Waals surface area contributed by atoms with Gasteiger partial charge in [-0.2, -0.15) is 0 Å². The van der Waals surface area contributed by atoms with Crippen LogP contribution in [0.25, 0.3) is 0 Å². The van der Waals surface area contributed by atoms with Gasteiger partial charge in [0.25, 0.3) is 0 Å². The molecule has 3 aromatic rings. The van der Waals surface area contributed by atoms with Crippen molar-refractivity contribution in [2.24, 2.45) is 0 Å². The molecule has 0 saturated heterocycles. The van der Waals surface area contributed by atoms with Crippen LogP contribution in [-0.2, 0) is 16.1 Å². The molecule has 2 aromatic heterocycles. The van der Waals surface area contributed by atoms with Crippen molar-refractivity contribution in [2.45, 2.75) is 6.61 Å². The van der Waals surface area contributed by atoms with Gasteiger partial charge in [0.2, 0.25) is 5.91 Å². The fourth-order valence-corrected chi connectivity index (χ4v) is 2.34. The number of hydrogen-bond acceptors (Lipinski definition) is 7. The summed E-state index contributed by atoms with van der Waals surface area (Å²) in [6, 6.07) is 18.9. The molecule has 0 aliphatic heterocycles. The zero-order valence-electron chi connectivity index (χ0n) is 15.3. The quantitative estimate of drug-likeness (QED) is 0.466. The van der Waals surface area contributed by atoms with Gasteiger partial charge in [0.15, 0.2) is 5.82 Å². The Morgan fingerprint density at radius 2 is 1.64 bits per heavy atom. The zero-order chi connectivity index (χ0) is 19.4. The number of pyridine rings is 1. The van der Waals surface area contributed by atoms with Crippen molar-refractivity contribution in [3.8, 4) is 0 Å². The summed E-state index contributed by atoms with van der Waals surface area (Å²) in [5, 5.41) is 17.1. The number of rotatable bonds is 10. The van der Waals surface area contributed by atoms with Crippen LogP contribution in [0.2, 0.25) is 0 Å². The Hall–Kier alpha value is -3.52. The second-order valence-electron chi connectivity index (χ2n) is 5.90. The second-order valence-corrected chi connectivity index (χ2v) is 5.90. The first kappa shape index (κ1) is 19.2. The van der Waals surface area contributed by atoms with Crippen LogP contribution < -0.4 is 16.0 Å². The van der Waals surface area contributed by atoms with Crippen molar-refractivity contribution in [3.63, 3.8) is 0 Å². The predicted octanol–water partition coefficient (Wildman–Crippen LogP) is 2.36. The molecule has 144 valence electrons. The Bertz CT molecular complexity index is 844. The normalized spacial score (nSPS) is 10.3. The fourth-order valence-electron chi connectivity index (χ4n) is 2.34. The SMILES string of the molecule is O=C(COCc1ccccc1)NCCNc1ccc(Nc2ccccn2)nn1. The number of ether oxygens (including phenoxy) is 1. The van der Waals surface area contributed by atoms with Crippen molar-refractivity contribution in [2.75, 3.05) is 30.3 Å². The molecule has 0 atom stereocenters. The molecule has 0 radical (unpaired) electrons. The average molecular weight is 378 g/mol. The number of benzene rings is 1. The highest BCUT2D eigenvalue weighted by atomic mass is 16.5. The van der Waals surface area contributed by atoms with E-state index >= 15 is 0 Å². The standard InChI is InChI=1S/C20H22N6O2/c27-20(15-28-14-16-6-2-1-3-7-16)23-13-12-22-18-9-10-19(26-25-18)24-17-8-4-5-11-21-17/h1-11H,12-15H2,(H,22,25)(H,23,27)(H,21,24,26). The highest BCUT2D eigenvalue weighted by Gasteiger charge is 2.02. The summed E-state index contributed by atoms with van der Waals surface area (Å²) in [4.78, 5) is 15.9. The van der Waals surface area contributed by atoms with E-state index in [-0.39, 0.29) is 12.5 Å². The molecule has 0 saturated carbocycles. The van der Waals surface area contributed by atoms with Gasteiger partial charge in [-0.3, -0.25) is 4.79 Å². The van der Waals surface area contributed by atoms with Crippen molar-refractivity contribution >= 4 is 23.4 Å². The van der Waals surface area contributed by atoms with E-state index in [2.05, 4.69) is 31.1 Å². The Morgan fingerprint density at radius 3 is 2.39 bits per heavy atom. The lowest BCUT2D eigenvalue weighted by Crippen LogP contribution is -2.31. The van der Waals surface area contributed by atoms with Gasteiger partial charge in [0.05, 0.1) is 6.61 Å². The van der Waals surface area contributed by atoms with E-state index in [4.69, 9.17) is 4.74 Å². The number of anilines is 3. The number of carbonyl (C=O) groups is 1. The third-order valence-corrected chi connectivity index (χ3v) is 3.68. The topological polar surface area (TPSA) is 101 Å². The number of amides is 1. The predicted molar refractivity (Wildman–Crippen MR) is 107 cm³/mol. The van der Waals surface area contributed by atoms with E-state index in [1.807, 2.05) is 54.6 Å². The minimum absolute atomic E-state index is 0.0303.